The minimum absolute atomic E-state index is 0.175. The lowest BCUT2D eigenvalue weighted by Crippen LogP contribution is -2.38. The Bertz CT molecular complexity index is 235. The van der Waals surface area contributed by atoms with Crippen molar-refractivity contribution in [3.63, 3.8) is 0 Å². The number of carbonyl (C=O) groups excluding carboxylic acids is 1. The fraction of sp³-hybridized carbons (Fsp3) is 0.929. The molecule has 16 heavy (non-hydrogen) atoms. The lowest BCUT2D eigenvalue weighted by molar-refractivity contribution is -0.125. The van der Waals surface area contributed by atoms with Gasteiger partial charge in [0.15, 0.2) is 0 Å². The Kier molecular flexibility index (Phi) is 4.97. The van der Waals surface area contributed by atoms with E-state index in [0.29, 0.717) is 5.78 Å². The Hall–Kier alpha value is -0.370. The van der Waals surface area contributed by atoms with Gasteiger partial charge in [0.1, 0.15) is 5.78 Å². The molecule has 0 bridgehead atoms. The van der Waals surface area contributed by atoms with E-state index in [-0.39, 0.29) is 5.41 Å². The van der Waals surface area contributed by atoms with Crippen molar-refractivity contribution < 1.29 is 4.79 Å². The van der Waals surface area contributed by atoms with Crippen LogP contribution in [0.4, 0.5) is 0 Å². The third kappa shape index (κ3) is 3.89. The normalized spacial score (nSPS) is 24.1. The molecule has 0 spiro atoms. The standard InChI is InChI=1S/C14H27NO/c1-5-13-7-6-9-15(10-8-13)11-14(3,4)12(2)16/h13H,5-11H2,1-4H3. The summed E-state index contributed by atoms with van der Waals surface area (Å²) >= 11 is 0. The molecule has 0 radical (unpaired) electrons. The Morgan fingerprint density at radius 3 is 2.56 bits per heavy atom. The van der Waals surface area contributed by atoms with Crippen molar-refractivity contribution in [2.45, 2.75) is 53.4 Å². The molecule has 0 aliphatic carbocycles. The maximum Gasteiger partial charge on any atom is 0.136 e. The Labute approximate surface area is 100 Å². The monoisotopic (exact) mass is 225 g/mol. The van der Waals surface area contributed by atoms with Crippen molar-refractivity contribution in [1.82, 2.24) is 4.90 Å². The van der Waals surface area contributed by atoms with Crippen LogP contribution in [0.15, 0.2) is 0 Å². The van der Waals surface area contributed by atoms with Gasteiger partial charge in [0.05, 0.1) is 0 Å². The van der Waals surface area contributed by atoms with E-state index in [9.17, 15) is 4.79 Å². The lowest BCUT2D eigenvalue weighted by atomic mass is 9.88. The second kappa shape index (κ2) is 5.81. The highest BCUT2D eigenvalue weighted by atomic mass is 16.1. The van der Waals surface area contributed by atoms with Gasteiger partial charge in [-0.1, -0.05) is 27.2 Å². The molecule has 0 amide bonds. The van der Waals surface area contributed by atoms with Crippen molar-refractivity contribution in [3.8, 4) is 0 Å². The second-order valence-corrected chi connectivity index (χ2v) is 5.92. The molecule has 94 valence electrons. The van der Waals surface area contributed by atoms with Crippen molar-refractivity contribution in [1.29, 1.82) is 0 Å². The molecule has 1 fully saturated rings. The summed E-state index contributed by atoms with van der Waals surface area (Å²) < 4.78 is 0. The quantitative estimate of drug-likeness (QED) is 0.732. The van der Waals surface area contributed by atoms with Gasteiger partial charge >= 0.3 is 0 Å². The smallest absolute Gasteiger partial charge is 0.136 e. The molecule has 0 aromatic heterocycles. The summed E-state index contributed by atoms with van der Waals surface area (Å²) in [6, 6.07) is 0. The third-order valence-electron chi connectivity index (χ3n) is 4.09. The molecule has 2 nitrogen and oxygen atoms in total. The van der Waals surface area contributed by atoms with E-state index in [1.54, 1.807) is 6.92 Å². The summed E-state index contributed by atoms with van der Waals surface area (Å²) in [5.41, 5.74) is -0.175. The van der Waals surface area contributed by atoms with E-state index in [0.717, 1.165) is 12.5 Å². The van der Waals surface area contributed by atoms with E-state index >= 15 is 0 Å². The van der Waals surface area contributed by atoms with Gasteiger partial charge in [-0.2, -0.15) is 0 Å². The Morgan fingerprint density at radius 1 is 1.31 bits per heavy atom. The molecule has 1 rings (SSSR count). The molecule has 0 saturated carbocycles. The summed E-state index contributed by atoms with van der Waals surface area (Å²) in [6.07, 6.45) is 5.29. The average molecular weight is 225 g/mol. The third-order valence-corrected chi connectivity index (χ3v) is 4.09. The van der Waals surface area contributed by atoms with Gasteiger partial charge in [-0.05, 0) is 45.2 Å². The van der Waals surface area contributed by atoms with Gasteiger partial charge in [-0.25, -0.2) is 0 Å². The molecule has 1 heterocycles. The number of rotatable bonds is 4. The van der Waals surface area contributed by atoms with E-state index in [1.807, 2.05) is 0 Å². The van der Waals surface area contributed by atoms with Crippen LogP contribution in [0.3, 0.4) is 0 Å². The predicted octanol–water partition coefficient (Wildman–Crippen LogP) is 3.11. The molecule has 1 saturated heterocycles. The molecule has 1 aliphatic heterocycles. The highest BCUT2D eigenvalue weighted by molar-refractivity contribution is 5.81. The van der Waals surface area contributed by atoms with Crippen LogP contribution < -0.4 is 0 Å². The maximum absolute atomic E-state index is 11.5. The highest BCUT2D eigenvalue weighted by Crippen LogP contribution is 2.24. The minimum Gasteiger partial charge on any atom is -0.302 e. The predicted molar refractivity (Wildman–Crippen MR) is 68.5 cm³/mol. The van der Waals surface area contributed by atoms with Crippen LogP contribution in [0, 0.1) is 11.3 Å². The summed E-state index contributed by atoms with van der Waals surface area (Å²) in [7, 11) is 0. The number of carbonyl (C=O) groups is 1. The number of Topliss-reactive ketones (excluding diaryl/α,β-unsaturated/α-hetero) is 1. The van der Waals surface area contributed by atoms with E-state index in [2.05, 4.69) is 25.7 Å². The molecule has 0 N–H and O–H groups in total. The molecule has 0 aromatic rings. The van der Waals surface area contributed by atoms with Gasteiger partial charge in [0.25, 0.3) is 0 Å². The highest BCUT2D eigenvalue weighted by Gasteiger charge is 2.27. The molecule has 1 unspecified atom stereocenters. The van der Waals surface area contributed by atoms with Crippen molar-refractivity contribution in [2.75, 3.05) is 19.6 Å². The van der Waals surface area contributed by atoms with E-state index in [1.165, 1.54) is 38.8 Å². The maximum atomic E-state index is 11.5. The van der Waals surface area contributed by atoms with E-state index in [4.69, 9.17) is 0 Å². The molecule has 2 heteroatoms. The van der Waals surface area contributed by atoms with Crippen LogP contribution in [0.5, 0.6) is 0 Å². The first-order chi connectivity index (χ1) is 7.45. The van der Waals surface area contributed by atoms with Gasteiger partial charge in [0.2, 0.25) is 0 Å². The molecular weight excluding hydrogens is 198 g/mol. The lowest BCUT2D eigenvalue weighted by Gasteiger charge is -2.30. The number of likely N-dealkylation sites (tertiary alicyclic amines) is 1. The van der Waals surface area contributed by atoms with Crippen LogP contribution in [0.25, 0.3) is 0 Å². The van der Waals surface area contributed by atoms with Crippen LogP contribution in [-0.2, 0) is 4.79 Å². The molecule has 0 aromatic carbocycles. The molecular formula is C14H27NO. The fourth-order valence-electron chi connectivity index (χ4n) is 2.46. The second-order valence-electron chi connectivity index (χ2n) is 5.92. The SMILES string of the molecule is CCC1CCCN(CC(C)(C)C(C)=O)CC1. The first-order valence-corrected chi connectivity index (χ1v) is 6.69. The van der Waals surface area contributed by atoms with Crippen LogP contribution in [-0.4, -0.2) is 30.3 Å². The van der Waals surface area contributed by atoms with Gasteiger partial charge in [-0.15, -0.1) is 0 Å². The van der Waals surface area contributed by atoms with Crippen LogP contribution in [0.2, 0.25) is 0 Å². The molecule has 1 atom stereocenters. The fourth-order valence-corrected chi connectivity index (χ4v) is 2.46. The van der Waals surface area contributed by atoms with Gasteiger partial charge in [0, 0.05) is 12.0 Å². The largest absolute Gasteiger partial charge is 0.302 e. The number of hydrogen-bond acceptors (Lipinski definition) is 2. The number of hydrogen-bond donors (Lipinski definition) is 0. The summed E-state index contributed by atoms with van der Waals surface area (Å²) in [5, 5.41) is 0. The molecule has 1 aliphatic rings. The topological polar surface area (TPSA) is 20.3 Å². The zero-order valence-corrected chi connectivity index (χ0v) is 11.4. The van der Waals surface area contributed by atoms with Crippen molar-refractivity contribution in [3.05, 3.63) is 0 Å². The first kappa shape index (κ1) is 13.7. The summed E-state index contributed by atoms with van der Waals surface area (Å²) in [6.45, 7) is 11.4. The van der Waals surface area contributed by atoms with E-state index < -0.39 is 0 Å². The first-order valence-electron chi connectivity index (χ1n) is 6.69. The summed E-state index contributed by atoms with van der Waals surface area (Å²) in [5.74, 6) is 1.22. The zero-order valence-electron chi connectivity index (χ0n) is 11.4. The van der Waals surface area contributed by atoms with Gasteiger partial charge < -0.3 is 4.90 Å². The van der Waals surface area contributed by atoms with Crippen LogP contribution in [0.1, 0.15) is 53.4 Å². The van der Waals surface area contributed by atoms with Gasteiger partial charge in [-0.3, -0.25) is 4.79 Å². The average Bonchev–Trinajstić information content (AvgIpc) is 2.42. The summed E-state index contributed by atoms with van der Waals surface area (Å²) in [4.78, 5) is 14.0. The Balaban J connectivity index is 2.46. The Morgan fingerprint density at radius 2 is 2.00 bits per heavy atom. The zero-order chi connectivity index (χ0) is 12.2. The van der Waals surface area contributed by atoms with Crippen LogP contribution >= 0.6 is 0 Å². The number of nitrogens with zero attached hydrogens (tertiary/aromatic N) is 1. The van der Waals surface area contributed by atoms with Crippen molar-refractivity contribution >= 4 is 5.78 Å². The van der Waals surface area contributed by atoms with Crippen molar-refractivity contribution in [2.24, 2.45) is 11.3 Å². The number of ketones is 1. The minimum atomic E-state index is -0.175.